The highest BCUT2D eigenvalue weighted by atomic mass is 16.3. The van der Waals surface area contributed by atoms with Crippen LogP contribution in [0.5, 0.6) is 0 Å². The van der Waals surface area contributed by atoms with Crippen LogP contribution in [0.15, 0.2) is 24.3 Å². The zero-order valence-electron chi connectivity index (χ0n) is 9.44. The third-order valence-corrected chi connectivity index (χ3v) is 2.37. The van der Waals surface area contributed by atoms with E-state index in [9.17, 15) is 4.79 Å². The number of hydrogen-bond acceptors (Lipinski definition) is 3. The van der Waals surface area contributed by atoms with E-state index in [2.05, 4.69) is 5.32 Å². The van der Waals surface area contributed by atoms with E-state index in [1.54, 1.807) is 6.92 Å². The molecule has 1 amide bonds. The van der Waals surface area contributed by atoms with E-state index in [1.807, 2.05) is 24.3 Å². The molecule has 1 aromatic carbocycles. The number of aliphatic hydroxyl groups is 1. The highest BCUT2D eigenvalue weighted by molar-refractivity contribution is 5.79. The number of carbonyl (C=O) groups is 1. The molecule has 1 atom stereocenters. The van der Waals surface area contributed by atoms with Crippen LogP contribution >= 0.6 is 0 Å². The number of carbonyl (C=O) groups excluding carboxylic acids is 1. The third kappa shape index (κ3) is 3.64. The smallest absolute Gasteiger partial charge is 0.224 e. The fourth-order valence-electron chi connectivity index (χ4n) is 1.47. The van der Waals surface area contributed by atoms with E-state index in [0.717, 1.165) is 11.1 Å². The Labute approximate surface area is 95.5 Å². The van der Waals surface area contributed by atoms with Crippen LogP contribution in [-0.4, -0.2) is 23.7 Å². The van der Waals surface area contributed by atoms with E-state index in [-0.39, 0.29) is 18.6 Å². The number of nitrogens with one attached hydrogen (secondary N) is 1. The topological polar surface area (TPSA) is 75.3 Å². The van der Waals surface area contributed by atoms with Crippen molar-refractivity contribution in [3.05, 3.63) is 35.4 Å². The normalized spacial score (nSPS) is 12.2. The second-order valence-electron chi connectivity index (χ2n) is 3.80. The molecule has 0 aliphatic rings. The Balaban J connectivity index is 2.62. The average molecular weight is 222 g/mol. The molecule has 1 aromatic rings. The highest BCUT2D eigenvalue weighted by Gasteiger charge is 2.09. The Morgan fingerprint density at radius 2 is 2.06 bits per heavy atom. The first-order valence-electron chi connectivity index (χ1n) is 5.34. The molecular formula is C12H18N2O2. The van der Waals surface area contributed by atoms with Crippen LogP contribution in [0.1, 0.15) is 18.1 Å². The van der Waals surface area contributed by atoms with Gasteiger partial charge in [-0.25, -0.2) is 0 Å². The molecule has 16 heavy (non-hydrogen) atoms. The van der Waals surface area contributed by atoms with Crippen LogP contribution < -0.4 is 11.1 Å². The second-order valence-corrected chi connectivity index (χ2v) is 3.80. The van der Waals surface area contributed by atoms with Crippen LogP contribution in [0.3, 0.4) is 0 Å². The predicted molar refractivity (Wildman–Crippen MR) is 62.7 cm³/mol. The Bertz CT molecular complexity index is 353. The summed E-state index contributed by atoms with van der Waals surface area (Å²) < 4.78 is 0. The van der Waals surface area contributed by atoms with Crippen LogP contribution in [0, 0.1) is 0 Å². The minimum absolute atomic E-state index is 0.0513. The summed E-state index contributed by atoms with van der Waals surface area (Å²) in [5.74, 6) is -0.0950. The van der Waals surface area contributed by atoms with E-state index in [1.165, 1.54) is 0 Å². The number of benzene rings is 1. The van der Waals surface area contributed by atoms with Gasteiger partial charge in [0.15, 0.2) is 0 Å². The van der Waals surface area contributed by atoms with Gasteiger partial charge in [-0.05, 0) is 18.1 Å². The summed E-state index contributed by atoms with van der Waals surface area (Å²) in [5, 5.41) is 11.5. The molecule has 88 valence electrons. The maximum Gasteiger partial charge on any atom is 0.224 e. The zero-order valence-corrected chi connectivity index (χ0v) is 9.44. The van der Waals surface area contributed by atoms with Crippen molar-refractivity contribution in [2.24, 2.45) is 5.73 Å². The molecule has 1 unspecified atom stereocenters. The molecule has 0 fully saturated rings. The van der Waals surface area contributed by atoms with Crippen molar-refractivity contribution in [1.82, 2.24) is 5.32 Å². The summed E-state index contributed by atoms with van der Waals surface area (Å²) in [4.78, 5) is 11.6. The summed E-state index contributed by atoms with van der Waals surface area (Å²) in [7, 11) is 0. The van der Waals surface area contributed by atoms with Crippen LogP contribution in [-0.2, 0) is 17.8 Å². The van der Waals surface area contributed by atoms with Crippen LogP contribution in [0.25, 0.3) is 0 Å². The molecule has 4 nitrogen and oxygen atoms in total. The quantitative estimate of drug-likeness (QED) is 0.665. The molecule has 1 rings (SSSR count). The first-order chi connectivity index (χ1) is 7.67. The molecule has 0 heterocycles. The summed E-state index contributed by atoms with van der Waals surface area (Å²) in [6.07, 6.45) is 0.303. The van der Waals surface area contributed by atoms with Gasteiger partial charge in [0, 0.05) is 12.6 Å². The third-order valence-electron chi connectivity index (χ3n) is 2.37. The van der Waals surface area contributed by atoms with E-state index >= 15 is 0 Å². The lowest BCUT2D eigenvalue weighted by Gasteiger charge is -2.12. The van der Waals surface area contributed by atoms with Gasteiger partial charge in [-0.3, -0.25) is 4.79 Å². The molecular weight excluding hydrogens is 204 g/mol. The Kier molecular flexibility index (Phi) is 4.95. The molecule has 0 aliphatic carbocycles. The van der Waals surface area contributed by atoms with Crippen LogP contribution in [0.4, 0.5) is 0 Å². The van der Waals surface area contributed by atoms with Crippen molar-refractivity contribution in [2.45, 2.75) is 25.9 Å². The van der Waals surface area contributed by atoms with E-state index < -0.39 is 0 Å². The van der Waals surface area contributed by atoms with E-state index in [0.29, 0.717) is 13.0 Å². The van der Waals surface area contributed by atoms with Crippen molar-refractivity contribution >= 4 is 5.91 Å². The fraction of sp³-hybridized carbons (Fsp3) is 0.417. The number of amides is 1. The Morgan fingerprint density at radius 3 is 2.62 bits per heavy atom. The van der Waals surface area contributed by atoms with Crippen molar-refractivity contribution < 1.29 is 9.90 Å². The molecule has 0 saturated heterocycles. The second kappa shape index (κ2) is 6.25. The average Bonchev–Trinajstić information content (AvgIpc) is 2.29. The minimum Gasteiger partial charge on any atom is -0.394 e. The van der Waals surface area contributed by atoms with Gasteiger partial charge >= 0.3 is 0 Å². The molecule has 0 aliphatic heterocycles. The summed E-state index contributed by atoms with van der Waals surface area (Å²) >= 11 is 0. The SMILES string of the molecule is CC(CO)NC(=O)Cc1ccccc1CN. The van der Waals surface area contributed by atoms with Gasteiger partial charge in [-0.2, -0.15) is 0 Å². The van der Waals surface area contributed by atoms with Crippen molar-refractivity contribution in [3.63, 3.8) is 0 Å². The first kappa shape index (κ1) is 12.7. The minimum atomic E-state index is -0.211. The zero-order chi connectivity index (χ0) is 12.0. The van der Waals surface area contributed by atoms with E-state index in [4.69, 9.17) is 10.8 Å². The fourth-order valence-corrected chi connectivity index (χ4v) is 1.47. The maximum atomic E-state index is 11.6. The molecule has 4 heteroatoms. The lowest BCUT2D eigenvalue weighted by atomic mass is 10.0. The van der Waals surface area contributed by atoms with Crippen LogP contribution in [0.2, 0.25) is 0 Å². The highest BCUT2D eigenvalue weighted by Crippen LogP contribution is 2.08. The van der Waals surface area contributed by atoms with Gasteiger partial charge in [-0.1, -0.05) is 24.3 Å². The lowest BCUT2D eigenvalue weighted by Crippen LogP contribution is -2.36. The molecule has 4 N–H and O–H groups in total. The van der Waals surface area contributed by atoms with Crippen molar-refractivity contribution in [3.8, 4) is 0 Å². The van der Waals surface area contributed by atoms with Crippen molar-refractivity contribution in [2.75, 3.05) is 6.61 Å². The Morgan fingerprint density at radius 1 is 1.44 bits per heavy atom. The van der Waals surface area contributed by atoms with Gasteiger partial charge in [0.2, 0.25) is 5.91 Å². The number of rotatable bonds is 5. The van der Waals surface area contributed by atoms with Crippen molar-refractivity contribution in [1.29, 1.82) is 0 Å². The number of hydrogen-bond donors (Lipinski definition) is 3. The first-order valence-corrected chi connectivity index (χ1v) is 5.34. The molecule has 0 spiro atoms. The largest absolute Gasteiger partial charge is 0.394 e. The lowest BCUT2D eigenvalue weighted by molar-refractivity contribution is -0.121. The summed E-state index contributed by atoms with van der Waals surface area (Å²) in [6.45, 7) is 2.13. The van der Waals surface area contributed by atoms with Gasteiger partial charge in [-0.15, -0.1) is 0 Å². The summed E-state index contributed by atoms with van der Waals surface area (Å²) in [5.41, 5.74) is 7.50. The molecule has 0 saturated carbocycles. The predicted octanol–water partition coefficient (Wildman–Crippen LogP) is 0.185. The molecule has 0 aromatic heterocycles. The molecule has 0 bridgehead atoms. The Hall–Kier alpha value is -1.39. The van der Waals surface area contributed by atoms with Gasteiger partial charge in [0.05, 0.1) is 13.0 Å². The number of aliphatic hydroxyl groups excluding tert-OH is 1. The van der Waals surface area contributed by atoms with Gasteiger partial charge in [0.1, 0.15) is 0 Å². The van der Waals surface area contributed by atoms with Gasteiger partial charge < -0.3 is 16.2 Å². The maximum absolute atomic E-state index is 11.6. The number of nitrogens with two attached hydrogens (primary N) is 1. The van der Waals surface area contributed by atoms with Gasteiger partial charge in [0.25, 0.3) is 0 Å². The summed E-state index contributed by atoms with van der Waals surface area (Å²) in [6, 6.07) is 7.39. The molecule has 0 radical (unpaired) electrons. The standard InChI is InChI=1S/C12H18N2O2/c1-9(8-15)14-12(16)6-10-4-2-3-5-11(10)7-13/h2-5,9,15H,6-8,13H2,1H3,(H,14,16). The monoisotopic (exact) mass is 222 g/mol.